The molecule has 0 radical (unpaired) electrons. The van der Waals surface area contributed by atoms with Gasteiger partial charge in [-0.05, 0) is 12.8 Å². The van der Waals surface area contributed by atoms with Gasteiger partial charge < -0.3 is 36.1 Å². The summed E-state index contributed by atoms with van der Waals surface area (Å²) in [5, 5.41) is 11.5. The second-order valence-electron chi connectivity index (χ2n) is 6.93. The van der Waals surface area contributed by atoms with Crippen molar-refractivity contribution < 1.29 is 19.4 Å². The molecule has 2 rings (SSSR count). The summed E-state index contributed by atoms with van der Waals surface area (Å²) in [5.41, 5.74) is 11.9. The number of hydrogen-bond donors (Lipinski definition) is 4. The van der Waals surface area contributed by atoms with Gasteiger partial charge >= 0.3 is 12.1 Å². The van der Waals surface area contributed by atoms with E-state index in [1.807, 2.05) is 23.6 Å². The lowest BCUT2D eigenvalue weighted by molar-refractivity contribution is -0.139. The number of guanidine groups is 1. The molecule has 0 aliphatic carbocycles. The molecule has 1 atom stereocenters. The van der Waals surface area contributed by atoms with Crippen LogP contribution in [0.1, 0.15) is 12.8 Å². The van der Waals surface area contributed by atoms with Crippen LogP contribution >= 0.6 is 11.8 Å². The lowest BCUT2D eigenvalue weighted by atomic mass is 10.1. The zero-order chi connectivity index (χ0) is 23.5. The van der Waals surface area contributed by atoms with E-state index in [9.17, 15) is 14.7 Å². The monoisotopic (exact) mass is 467 g/mol. The lowest BCUT2D eigenvalue weighted by Gasteiger charge is -2.14. The van der Waals surface area contributed by atoms with E-state index in [4.69, 9.17) is 16.2 Å². The number of ether oxygens (including phenoxy) is 1. The molecule has 0 unspecified atom stereocenters. The molecule has 0 spiro atoms. The molecule has 14 heteroatoms. The SMILES string of the molecule is CN(C)c1ncnc2c1ncn2CCSCCOC(=O)N[C@@H](CCCN=C(N)N)C(=O)O. The van der Waals surface area contributed by atoms with E-state index in [0.717, 1.165) is 22.7 Å². The average Bonchev–Trinajstić information content (AvgIpc) is 3.15. The van der Waals surface area contributed by atoms with Gasteiger partial charge in [-0.1, -0.05) is 0 Å². The third-order valence-electron chi connectivity index (χ3n) is 4.28. The predicted molar refractivity (Wildman–Crippen MR) is 123 cm³/mol. The molecule has 0 aliphatic rings. The highest BCUT2D eigenvalue weighted by atomic mass is 32.2. The molecule has 0 aromatic carbocycles. The van der Waals surface area contributed by atoms with E-state index >= 15 is 0 Å². The van der Waals surface area contributed by atoms with Gasteiger partial charge in [-0.15, -0.1) is 0 Å². The molecule has 176 valence electrons. The Labute approximate surface area is 189 Å². The Hall–Kier alpha value is -3.29. The van der Waals surface area contributed by atoms with Crippen LogP contribution < -0.4 is 21.7 Å². The summed E-state index contributed by atoms with van der Waals surface area (Å²) in [6, 6.07) is -1.06. The summed E-state index contributed by atoms with van der Waals surface area (Å²) >= 11 is 1.60. The summed E-state index contributed by atoms with van der Waals surface area (Å²) < 4.78 is 7.02. The molecule has 32 heavy (non-hydrogen) atoms. The minimum absolute atomic E-state index is 0.0606. The first-order chi connectivity index (χ1) is 15.3. The first-order valence-corrected chi connectivity index (χ1v) is 11.1. The lowest BCUT2D eigenvalue weighted by Crippen LogP contribution is -2.41. The third-order valence-corrected chi connectivity index (χ3v) is 5.20. The Bertz CT molecular complexity index is 930. The van der Waals surface area contributed by atoms with Crippen molar-refractivity contribution in [2.24, 2.45) is 16.5 Å². The maximum absolute atomic E-state index is 11.8. The molecule has 0 saturated carbocycles. The number of nitrogens with two attached hydrogens (primary N) is 2. The van der Waals surface area contributed by atoms with Crippen molar-refractivity contribution in [3.63, 3.8) is 0 Å². The second-order valence-corrected chi connectivity index (χ2v) is 8.16. The molecule has 0 aliphatic heterocycles. The molecule has 6 N–H and O–H groups in total. The summed E-state index contributed by atoms with van der Waals surface area (Å²) in [5.74, 6) is 0.890. The van der Waals surface area contributed by atoms with Crippen molar-refractivity contribution in [3.8, 4) is 0 Å². The topological polar surface area (TPSA) is 187 Å². The van der Waals surface area contributed by atoms with Crippen LogP contribution in [0.2, 0.25) is 0 Å². The second kappa shape index (κ2) is 12.5. The number of carbonyl (C=O) groups excluding carboxylic acids is 1. The molecular weight excluding hydrogens is 438 g/mol. The Morgan fingerprint density at radius 2 is 2.09 bits per heavy atom. The van der Waals surface area contributed by atoms with Gasteiger partial charge in [-0.25, -0.2) is 24.5 Å². The van der Waals surface area contributed by atoms with Crippen molar-refractivity contribution >= 4 is 46.8 Å². The Morgan fingerprint density at radius 3 is 2.78 bits per heavy atom. The zero-order valence-electron chi connectivity index (χ0n) is 18.1. The Balaban J connectivity index is 1.67. The average molecular weight is 468 g/mol. The zero-order valence-corrected chi connectivity index (χ0v) is 18.9. The van der Waals surface area contributed by atoms with Crippen molar-refractivity contribution in [2.45, 2.75) is 25.4 Å². The number of rotatable bonds is 13. The summed E-state index contributed by atoms with van der Waals surface area (Å²) in [7, 11) is 3.80. The van der Waals surface area contributed by atoms with Crippen LogP contribution in [0, 0.1) is 0 Å². The van der Waals surface area contributed by atoms with Gasteiger partial charge in [0.1, 0.15) is 19.0 Å². The molecule has 1 amide bonds. The largest absolute Gasteiger partial charge is 0.480 e. The van der Waals surface area contributed by atoms with Gasteiger partial charge in [0.15, 0.2) is 22.9 Å². The van der Waals surface area contributed by atoms with Crippen LogP contribution in [0.4, 0.5) is 10.6 Å². The van der Waals surface area contributed by atoms with Crippen LogP contribution in [0.15, 0.2) is 17.6 Å². The van der Waals surface area contributed by atoms with Gasteiger partial charge in [0, 0.05) is 38.7 Å². The van der Waals surface area contributed by atoms with Crippen molar-refractivity contribution in [2.75, 3.05) is 43.7 Å². The summed E-state index contributed by atoms with van der Waals surface area (Å²) in [6.45, 7) is 1.14. The number of imidazole rings is 1. The number of carboxylic acid groups (broad SMARTS) is 1. The first kappa shape index (κ1) is 25.0. The number of nitrogens with one attached hydrogen (secondary N) is 1. The predicted octanol–water partition coefficient (Wildman–Crippen LogP) is -0.141. The quantitative estimate of drug-likeness (QED) is 0.174. The van der Waals surface area contributed by atoms with Gasteiger partial charge in [-0.2, -0.15) is 11.8 Å². The van der Waals surface area contributed by atoms with E-state index in [-0.39, 0.29) is 25.5 Å². The smallest absolute Gasteiger partial charge is 0.407 e. The standard InChI is InChI=1S/C18H29N9O4S/c1-26(2)14-13-15(23-10-22-14)27(11-24-13)6-8-32-9-7-31-18(30)25-12(16(28)29)4-3-5-21-17(19)20/h10-12H,3-9H2,1-2H3,(H,25,30)(H,28,29)(H4,19,20,21)/t12-/m0/s1. The van der Waals surface area contributed by atoms with E-state index in [2.05, 4.69) is 25.3 Å². The number of aryl methyl sites for hydroxylation is 1. The van der Waals surface area contributed by atoms with Gasteiger partial charge in [0.2, 0.25) is 0 Å². The van der Waals surface area contributed by atoms with Gasteiger partial charge in [0.05, 0.1) is 6.33 Å². The molecule has 0 bridgehead atoms. The number of carboxylic acids is 1. The number of aliphatic imine (C=N–C) groups is 1. The fourth-order valence-corrected chi connectivity index (χ4v) is 3.49. The van der Waals surface area contributed by atoms with Crippen molar-refractivity contribution in [1.82, 2.24) is 24.8 Å². The number of alkyl carbamates (subject to hydrolysis) is 1. The van der Waals surface area contributed by atoms with E-state index in [0.29, 0.717) is 18.7 Å². The summed E-state index contributed by atoms with van der Waals surface area (Å²) in [6.07, 6.45) is 3.08. The van der Waals surface area contributed by atoms with Crippen LogP contribution in [0.25, 0.3) is 11.2 Å². The number of nitrogens with zero attached hydrogens (tertiary/aromatic N) is 6. The van der Waals surface area contributed by atoms with Gasteiger partial charge in [-0.3, -0.25) is 4.99 Å². The maximum Gasteiger partial charge on any atom is 0.407 e. The van der Waals surface area contributed by atoms with Crippen molar-refractivity contribution in [3.05, 3.63) is 12.7 Å². The highest BCUT2D eigenvalue weighted by Gasteiger charge is 2.20. The number of thioether (sulfide) groups is 1. The Kier molecular flexibility index (Phi) is 9.78. The fourth-order valence-electron chi connectivity index (χ4n) is 2.76. The van der Waals surface area contributed by atoms with Gasteiger partial charge in [0.25, 0.3) is 0 Å². The fraction of sp³-hybridized carbons (Fsp3) is 0.556. The summed E-state index contributed by atoms with van der Waals surface area (Å²) in [4.78, 5) is 41.7. The number of aliphatic carboxylic acids is 1. The minimum atomic E-state index is -1.14. The first-order valence-electron chi connectivity index (χ1n) is 9.92. The molecular formula is C18H29N9O4S. The normalized spacial score (nSPS) is 11.7. The van der Waals surface area contributed by atoms with Crippen LogP contribution in [0.3, 0.4) is 0 Å². The number of anilines is 1. The number of amides is 1. The molecule has 0 saturated heterocycles. The highest BCUT2D eigenvalue weighted by molar-refractivity contribution is 7.99. The number of aromatic nitrogens is 4. The minimum Gasteiger partial charge on any atom is -0.480 e. The Morgan fingerprint density at radius 1 is 1.31 bits per heavy atom. The molecule has 2 heterocycles. The van der Waals surface area contributed by atoms with E-state index < -0.39 is 18.1 Å². The van der Waals surface area contributed by atoms with E-state index in [1.165, 1.54) is 6.33 Å². The highest BCUT2D eigenvalue weighted by Crippen LogP contribution is 2.19. The van der Waals surface area contributed by atoms with Crippen LogP contribution in [0.5, 0.6) is 0 Å². The maximum atomic E-state index is 11.8. The molecule has 2 aromatic rings. The number of fused-ring (bicyclic) bond motifs is 1. The molecule has 13 nitrogen and oxygen atoms in total. The van der Waals surface area contributed by atoms with E-state index in [1.54, 1.807) is 18.1 Å². The molecule has 0 fully saturated rings. The van der Waals surface area contributed by atoms with Crippen LogP contribution in [-0.4, -0.2) is 87.4 Å². The van der Waals surface area contributed by atoms with Crippen molar-refractivity contribution in [1.29, 1.82) is 0 Å². The third kappa shape index (κ3) is 7.76. The molecule has 2 aromatic heterocycles. The number of hydrogen-bond acceptors (Lipinski definition) is 9. The van der Waals surface area contributed by atoms with Crippen LogP contribution in [-0.2, 0) is 16.1 Å². The number of carbonyl (C=O) groups is 2.